The maximum atomic E-state index is 10.5. The molecule has 5 aromatic heterocycles. The molecule has 0 saturated carbocycles. The average Bonchev–Trinajstić information content (AvgIpc) is 3.68. The molecular formula is C32H31N7O2S. The second kappa shape index (κ2) is 10.2. The molecule has 10 heteroatoms. The molecule has 0 spiro atoms. The molecule has 5 aromatic rings. The van der Waals surface area contributed by atoms with Gasteiger partial charge in [0.1, 0.15) is 11.9 Å². The minimum Gasteiger partial charge on any atom is -0.481 e. The van der Waals surface area contributed by atoms with Crippen LogP contribution in [-0.4, -0.2) is 61.9 Å². The number of piperazine rings is 1. The molecule has 2 bridgehead atoms. The normalized spacial score (nSPS) is 18.6. The summed E-state index contributed by atoms with van der Waals surface area (Å²) < 4.78 is 6.96. The Hall–Kier alpha value is -4.30. The molecule has 1 N–H and O–H groups in total. The van der Waals surface area contributed by atoms with Gasteiger partial charge in [0, 0.05) is 82.8 Å². The lowest BCUT2D eigenvalue weighted by Gasteiger charge is -2.56. The quantitative estimate of drug-likeness (QED) is 0.285. The van der Waals surface area contributed by atoms with Crippen molar-refractivity contribution in [3.05, 3.63) is 83.3 Å². The van der Waals surface area contributed by atoms with Crippen LogP contribution in [0.1, 0.15) is 36.3 Å². The van der Waals surface area contributed by atoms with Gasteiger partial charge in [0.2, 0.25) is 5.88 Å². The third-order valence-corrected chi connectivity index (χ3v) is 9.77. The highest BCUT2D eigenvalue weighted by atomic mass is 32.1. The van der Waals surface area contributed by atoms with Gasteiger partial charge in [0.05, 0.1) is 30.0 Å². The van der Waals surface area contributed by atoms with Crippen LogP contribution in [0.5, 0.6) is 5.88 Å². The van der Waals surface area contributed by atoms with Crippen LogP contribution in [0.15, 0.2) is 67.3 Å². The van der Waals surface area contributed by atoms with E-state index in [4.69, 9.17) is 9.72 Å². The first-order chi connectivity index (χ1) is 20.3. The number of aromatic nitrogens is 4. The molecule has 3 aliphatic heterocycles. The Morgan fingerprint density at radius 1 is 1.05 bits per heavy atom. The molecule has 0 aromatic carbocycles. The van der Waals surface area contributed by atoms with Crippen LogP contribution < -0.4 is 9.64 Å². The van der Waals surface area contributed by atoms with Crippen LogP contribution in [0.3, 0.4) is 0 Å². The molecule has 9 nitrogen and oxygen atoms in total. The predicted molar refractivity (Wildman–Crippen MR) is 162 cm³/mol. The number of methoxy groups -OCH3 is 1. The summed E-state index contributed by atoms with van der Waals surface area (Å²) in [5, 5.41) is 24.7. The summed E-state index contributed by atoms with van der Waals surface area (Å²) in [4.78, 5) is 16.1. The van der Waals surface area contributed by atoms with Gasteiger partial charge < -0.3 is 14.7 Å². The van der Waals surface area contributed by atoms with Gasteiger partial charge in [-0.15, -0.1) is 11.3 Å². The van der Waals surface area contributed by atoms with E-state index in [1.54, 1.807) is 43.0 Å². The number of anilines is 1. The first kappa shape index (κ1) is 26.6. The van der Waals surface area contributed by atoms with Crippen LogP contribution >= 0.6 is 11.3 Å². The van der Waals surface area contributed by atoms with Crippen LogP contribution in [0.4, 0.5) is 5.82 Å². The van der Waals surface area contributed by atoms with Gasteiger partial charge >= 0.3 is 0 Å². The summed E-state index contributed by atoms with van der Waals surface area (Å²) in [5.74, 6) is 1.60. The van der Waals surface area contributed by atoms with Crippen molar-refractivity contribution >= 4 is 22.7 Å². The van der Waals surface area contributed by atoms with Gasteiger partial charge in [-0.2, -0.15) is 10.4 Å². The highest BCUT2D eigenvalue weighted by Crippen LogP contribution is 2.39. The number of pyridine rings is 3. The van der Waals surface area contributed by atoms with Crippen molar-refractivity contribution in [2.45, 2.75) is 44.5 Å². The van der Waals surface area contributed by atoms with Gasteiger partial charge in [-0.25, -0.2) is 14.5 Å². The van der Waals surface area contributed by atoms with Crippen molar-refractivity contribution in [1.82, 2.24) is 24.5 Å². The zero-order valence-corrected chi connectivity index (χ0v) is 24.5. The largest absolute Gasteiger partial charge is 0.481 e. The van der Waals surface area contributed by atoms with E-state index in [1.807, 2.05) is 36.8 Å². The highest BCUT2D eigenvalue weighted by molar-refractivity contribution is 7.15. The van der Waals surface area contributed by atoms with Crippen molar-refractivity contribution in [3.63, 3.8) is 0 Å². The fourth-order valence-electron chi connectivity index (χ4n) is 6.08. The van der Waals surface area contributed by atoms with Crippen molar-refractivity contribution in [2.24, 2.45) is 0 Å². The van der Waals surface area contributed by atoms with Crippen LogP contribution in [0, 0.1) is 11.3 Å². The molecule has 0 radical (unpaired) electrons. The molecule has 3 fully saturated rings. The Bertz CT molecular complexity index is 1790. The maximum Gasteiger partial charge on any atom is 0.212 e. The van der Waals surface area contributed by atoms with Crippen molar-refractivity contribution in [1.29, 1.82) is 5.26 Å². The van der Waals surface area contributed by atoms with E-state index in [0.717, 1.165) is 57.4 Å². The fourth-order valence-corrected chi connectivity index (χ4v) is 7.07. The molecule has 2 unspecified atom stereocenters. The first-order valence-corrected chi connectivity index (χ1v) is 14.8. The van der Waals surface area contributed by atoms with Gasteiger partial charge in [-0.05, 0) is 56.2 Å². The number of nitriles is 1. The minimum absolute atomic E-state index is 0.494. The molecular weight excluding hydrogens is 546 g/mol. The average molecular weight is 578 g/mol. The number of hydrogen-bond acceptors (Lipinski definition) is 9. The van der Waals surface area contributed by atoms with Crippen LogP contribution in [0.2, 0.25) is 0 Å². The summed E-state index contributed by atoms with van der Waals surface area (Å²) >= 11 is 1.55. The number of nitrogens with zero attached hydrogens (tertiary/aromatic N) is 7. The van der Waals surface area contributed by atoms with Crippen molar-refractivity contribution in [3.8, 4) is 33.5 Å². The number of rotatable bonds is 7. The number of piperidine rings is 1. The third-order valence-electron chi connectivity index (χ3n) is 8.32. The lowest BCUT2D eigenvalue weighted by Crippen LogP contribution is -2.68. The van der Waals surface area contributed by atoms with Crippen molar-refractivity contribution in [2.75, 3.05) is 25.1 Å². The Kier molecular flexibility index (Phi) is 6.46. The summed E-state index contributed by atoms with van der Waals surface area (Å²) in [6.45, 7) is 6.36. The predicted octanol–water partition coefficient (Wildman–Crippen LogP) is 5.09. The van der Waals surface area contributed by atoms with E-state index in [0.29, 0.717) is 23.5 Å². The zero-order valence-electron chi connectivity index (χ0n) is 23.7. The molecule has 0 aliphatic carbocycles. The lowest BCUT2D eigenvalue weighted by molar-refractivity contribution is -0.00876. The maximum absolute atomic E-state index is 10.5. The first-order valence-electron chi connectivity index (χ1n) is 14.0. The van der Waals surface area contributed by atoms with E-state index in [2.05, 4.69) is 50.2 Å². The smallest absolute Gasteiger partial charge is 0.212 e. The van der Waals surface area contributed by atoms with Gasteiger partial charge in [0.15, 0.2) is 0 Å². The standard InChI is InChI=1S/C32H31N7O2S/c1-32(2,40)28-7-6-27(42-28)22-10-26(31-23(12-33)15-36-39(31)17-22)21-5-8-29(34-14-21)37-18-24-11-25(19-37)38(24)16-20-4-9-30(41-3)35-13-20/h4-10,13-15,17,24-25,40H,11,16,18-19H2,1-3H3. The molecule has 8 rings (SSSR count). The lowest BCUT2D eigenvalue weighted by atomic mass is 9.87. The molecule has 212 valence electrons. The summed E-state index contributed by atoms with van der Waals surface area (Å²) in [6, 6.07) is 17.5. The van der Waals surface area contributed by atoms with Crippen LogP contribution in [0.25, 0.3) is 27.1 Å². The van der Waals surface area contributed by atoms with Gasteiger partial charge in [-0.1, -0.05) is 6.07 Å². The summed E-state index contributed by atoms with van der Waals surface area (Å²) in [7, 11) is 1.63. The second-order valence-corrected chi connectivity index (χ2v) is 12.6. The Morgan fingerprint density at radius 2 is 1.88 bits per heavy atom. The molecule has 2 atom stereocenters. The molecule has 0 amide bonds. The molecule has 3 saturated heterocycles. The Morgan fingerprint density at radius 3 is 2.52 bits per heavy atom. The fraction of sp³-hybridized carbons (Fsp3) is 0.312. The van der Waals surface area contributed by atoms with Gasteiger partial charge in [-0.3, -0.25) is 4.90 Å². The molecule has 8 heterocycles. The highest BCUT2D eigenvalue weighted by Gasteiger charge is 2.44. The number of fused-ring (bicyclic) bond motifs is 3. The topological polar surface area (TPSA) is 103 Å². The van der Waals surface area contributed by atoms with Crippen molar-refractivity contribution < 1.29 is 9.84 Å². The minimum atomic E-state index is -0.908. The Labute approximate surface area is 248 Å². The second-order valence-electron chi connectivity index (χ2n) is 11.6. The van der Waals surface area contributed by atoms with E-state index in [9.17, 15) is 10.4 Å². The summed E-state index contributed by atoms with van der Waals surface area (Å²) in [5.41, 5.74) is 4.37. The van der Waals surface area contributed by atoms with Crippen LogP contribution in [-0.2, 0) is 12.1 Å². The molecule has 42 heavy (non-hydrogen) atoms. The Balaban J connectivity index is 1.13. The van der Waals surface area contributed by atoms with Gasteiger partial charge in [0.25, 0.3) is 0 Å². The zero-order chi connectivity index (χ0) is 29.0. The monoisotopic (exact) mass is 577 g/mol. The van der Waals surface area contributed by atoms with E-state index < -0.39 is 5.60 Å². The SMILES string of the molecule is COc1ccc(CN2C3CC2CN(c2ccc(-c4cc(-c5ccc(C(C)(C)O)s5)cn5ncc(C#N)c45)cn2)C3)cn1. The number of thiophene rings is 1. The number of aliphatic hydroxyl groups is 1. The summed E-state index contributed by atoms with van der Waals surface area (Å²) in [6.07, 6.45) is 8.56. The van der Waals surface area contributed by atoms with E-state index in [-0.39, 0.29) is 0 Å². The van der Waals surface area contributed by atoms with E-state index >= 15 is 0 Å². The number of ether oxygens (including phenoxy) is 1. The third kappa shape index (κ3) is 4.69. The van der Waals surface area contributed by atoms with E-state index in [1.165, 1.54) is 12.0 Å². The number of hydrogen-bond donors (Lipinski definition) is 1. The molecule has 3 aliphatic rings.